The molecule has 1 saturated heterocycles. The third kappa shape index (κ3) is 5.03. The van der Waals surface area contributed by atoms with Crippen molar-refractivity contribution in [3.63, 3.8) is 0 Å². The maximum absolute atomic E-state index is 13.6. The summed E-state index contributed by atoms with van der Waals surface area (Å²) in [4.78, 5) is 14.5. The second kappa shape index (κ2) is 10.2. The highest BCUT2D eigenvalue weighted by Gasteiger charge is 2.32. The van der Waals surface area contributed by atoms with Crippen molar-refractivity contribution in [1.82, 2.24) is 20.2 Å². The number of nitrogens with one attached hydrogen (secondary N) is 1. The molecular weight excluding hydrogens is 527 g/mol. The molecule has 184 valence electrons. The lowest BCUT2D eigenvalue weighted by Crippen LogP contribution is -2.54. The van der Waals surface area contributed by atoms with Gasteiger partial charge in [0.1, 0.15) is 0 Å². The normalized spacial score (nSPS) is 21.8. The molecule has 10 heteroatoms. The summed E-state index contributed by atoms with van der Waals surface area (Å²) in [6.07, 6.45) is 5.25. The molecule has 2 aromatic heterocycles. The van der Waals surface area contributed by atoms with E-state index in [0.717, 1.165) is 41.0 Å². The zero-order chi connectivity index (χ0) is 24.7. The SMILES string of the molecule is CC1CCCC(C)N1NC(=O)c1nn(-c2ccc(Cl)cc2Cl)c2c1COC/C2=C\c1ccc(Cl)s1. The third-order valence-corrected chi connectivity index (χ3v) is 8.20. The van der Waals surface area contributed by atoms with Crippen LogP contribution >= 0.6 is 46.1 Å². The van der Waals surface area contributed by atoms with Gasteiger partial charge in [-0.25, -0.2) is 9.69 Å². The predicted molar refractivity (Wildman–Crippen MR) is 143 cm³/mol. The fraction of sp³-hybridized carbons (Fsp3) is 0.360. The van der Waals surface area contributed by atoms with Crippen LogP contribution in [-0.4, -0.2) is 39.4 Å². The lowest BCUT2D eigenvalue weighted by molar-refractivity contribution is 0.0363. The van der Waals surface area contributed by atoms with E-state index in [1.807, 2.05) is 29.3 Å². The zero-order valence-electron chi connectivity index (χ0n) is 19.4. The van der Waals surface area contributed by atoms with E-state index >= 15 is 0 Å². The molecule has 0 saturated carbocycles. The first-order valence-electron chi connectivity index (χ1n) is 11.5. The van der Waals surface area contributed by atoms with Crippen molar-refractivity contribution in [1.29, 1.82) is 0 Å². The van der Waals surface area contributed by atoms with E-state index in [1.54, 1.807) is 16.8 Å². The fourth-order valence-corrected chi connectivity index (χ4v) is 6.27. The first kappa shape index (κ1) is 24.8. The molecule has 0 bridgehead atoms. The molecule has 0 radical (unpaired) electrons. The topological polar surface area (TPSA) is 59.4 Å². The van der Waals surface area contributed by atoms with Crippen LogP contribution in [0.5, 0.6) is 0 Å². The van der Waals surface area contributed by atoms with Crippen molar-refractivity contribution >= 4 is 63.7 Å². The van der Waals surface area contributed by atoms with Gasteiger partial charge in [-0.05, 0) is 63.1 Å². The van der Waals surface area contributed by atoms with Crippen LogP contribution < -0.4 is 5.43 Å². The number of benzene rings is 1. The molecule has 1 aromatic carbocycles. The zero-order valence-corrected chi connectivity index (χ0v) is 22.4. The molecule has 35 heavy (non-hydrogen) atoms. The summed E-state index contributed by atoms with van der Waals surface area (Å²) in [6.45, 7) is 4.92. The number of nitrogens with zero attached hydrogens (tertiary/aromatic N) is 3. The van der Waals surface area contributed by atoms with Gasteiger partial charge in [0.05, 0.1) is 34.0 Å². The summed E-state index contributed by atoms with van der Waals surface area (Å²) in [6, 6.07) is 9.56. The van der Waals surface area contributed by atoms with E-state index in [1.165, 1.54) is 11.3 Å². The number of thiophene rings is 1. The molecule has 3 aromatic rings. The second-order valence-corrected chi connectivity index (χ2v) is 11.6. The lowest BCUT2D eigenvalue weighted by Gasteiger charge is -2.38. The van der Waals surface area contributed by atoms with Crippen LogP contribution in [0.25, 0.3) is 17.3 Å². The lowest BCUT2D eigenvalue weighted by atomic mass is 9.99. The Bertz CT molecular complexity index is 1290. The minimum Gasteiger partial charge on any atom is -0.372 e. The molecule has 2 aliphatic rings. The van der Waals surface area contributed by atoms with E-state index in [9.17, 15) is 4.79 Å². The number of amides is 1. The highest BCUT2D eigenvalue weighted by atomic mass is 35.5. The summed E-state index contributed by atoms with van der Waals surface area (Å²) in [7, 11) is 0. The van der Waals surface area contributed by atoms with Crippen LogP contribution in [-0.2, 0) is 11.3 Å². The number of hydrogen-bond acceptors (Lipinski definition) is 5. The van der Waals surface area contributed by atoms with Gasteiger partial charge in [-0.3, -0.25) is 10.2 Å². The number of hydrogen-bond donors (Lipinski definition) is 1. The van der Waals surface area contributed by atoms with Gasteiger partial charge in [0.15, 0.2) is 5.69 Å². The maximum Gasteiger partial charge on any atom is 0.286 e. The van der Waals surface area contributed by atoms with Crippen molar-refractivity contribution in [3.05, 3.63) is 66.5 Å². The van der Waals surface area contributed by atoms with Gasteiger partial charge in [0, 0.05) is 33.1 Å². The Balaban J connectivity index is 1.61. The molecule has 0 spiro atoms. The van der Waals surface area contributed by atoms with Gasteiger partial charge >= 0.3 is 0 Å². The molecular formula is C25H25Cl3N4O2S. The number of piperidine rings is 1. The standard InChI is InChI=1S/C25H25Cl3N4O2S/c1-14-4-3-5-15(2)31(14)30-25(33)23-19-13-34-12-16(10-18-7-9-22(28)35-18)24(19)32(29-23)21-8-6-17(26)11-20(21)27/h6-11,14-15H,3-5,12-13H2,1-2H3,(H,30,33)/b16-10+. The number of carbonyl (C=O) groups is 1. The molecule has 6 nitrogen and oxygen atoms in total. The quantitative estimate of drug-likeness (QED) is 0.384. The van der Waals surface area contributed by atoms with E-state index in [4.69, 9.17) is 44.6 Å². The Morgan fingerprint density at radius 3 is 2.60 bits per heavy atom. The van der Waals surface area contributed by atoms with Crippen LogP contribution in [0.1, 0.15) is 59.7 Å². The Morgan fingerprint density at radius 1 is 1.14 bits per heavy atom. The summed E-state index contributed by atoms with van der Waals surface area (Å²) < 4.78 is 8.34. The number of hydrazine groups is 1. The van der Waals surface area contributed by atoms with Crippen molar-refractivity contribution in [2.75, 3.05) is 6.61 Å². The minimum atomic E-state index is -0.255. The second-order valence-electron chi connectivity index (χ2n) is 8.96. The average molecular weight is 552 g/mol. The highest BCUT2D eigenvalue weighted by molar-refractivity contribution is 7.17. The number of halogens is 3. The Labute approximate surface area is 223 Å². The Morgan fingerprint density at radius 2 is 1.91 bits per heavy atom. The van der Waals surface area contributed by atoms with Crippen molar-refractivity contribution in [2.45, 2.75) is 51.8 Å². The number of carbonyl (C=O) groups excluding carboxylic acids is 1. The summed E-state index contributed by atoms with van der Waals surface area (Å²) >= 11 is 20.4. The first-order chi connectivity index (χ1) is 16.8. The van der Waals surface area contributed by atoms with Crippen LogP contribution in [0.4, 0.5) is 0 Å². The predicted octanol–water partition coefficient (Wildman–Crippen LogP) is 6.87. The summed E-state index contributed by atoms with van der Waals surface area (Å²) in [5.41, 5.74) is 6.50. The van der Waals surface area contributed by atoms with Gasteiger partial charge in [0.25, 0.3) is 5.91 Å². The van der Waals surface area contributed by atoms with Crippen LogP contribution in [0.15, 0.2) is 30.3 Å². The van der Waals surface area contributed by atoms with Gasteiger partial charge in [0.2, 0.25) is 0 Å². The molecule has 0 aliphatic carbocycles. The molecule has 5 rings (SSSR count). The van der Waals surface area contributed by atoms with Gasteiger partial charge in [-0.1, -0.05) is 41.2 Å². The summed E-state index contributed by atoms with van der Waals surface area (Å²) in [5.74, 6) is -0.255. The average Bonchev–Trinajstić information content (AvgIpc) is 3.40. The largest absolute Gasteiger partial charge is 0.372 e. The van der Waals surface area contributed by atoms with Crippen LogP contribution in [0.3, 0.4) is 0 Å². The van der Waals surface area contributed by atoms with E-state index < -0.39 is 0 Å². The van der Waals surface area contributed by atoms with E-state index in [-0.39, 0.29) is 24.6 Å². The van der Waals surface area contributed by atoms with Crippen molar-refractivity contribution in [2.24, 2.45) is 0 Å². The van der Waals surface area contributed by atoms with Gasteiger partial charge in [-0.15, -0.1) is 11.3 Å². The molecule has 2 atom stereocenters. The van der Waals surface area contributed by atoms with Gasteiger partial charge < -0.3 is 4.74 Å². The third-order valence-electron chi connectivity index (χ3n) is 6.48. The number of fused-ring (bicyclic) bond motifs is 1. The Kier molecular flexibility index (Phi) is 7.26. The smallest absolute Gasteiger partial charge is 0.286 e. The van der Waals surface area contributed by atoms with Crippen molar-refractivity contribution < 1.29 is 9.53 Å². The fourth-order valence-electron chi connectivity index (χ4n) is 4.76. The molecule has 1 amide bonds. The number of ether oxygens (including phenoxy) is 1. The summed E-state index contributed by atoms with van der Waals surface area (Å²) in [5, 5.41) is 7.78. The number of rotatable bonds is 4. The first-order valence-corrected chi connectivity index (χ1v) is 13.5. The van der Waals surface area contributed by atoms with E-state index in [2.05, 4.69) is 19.3 Å². The van der Waals surface area contributed by atoms with Crippen molar-refractivity contribution in [3.8, 4) is 5.69 Å². The molecule has 4 heterocycles. The molecule has 2 aliphatic heterocycles. The van der Waals surface area contributed by atoms with Crippen LogP contribution in [0.2, 0.25) is 14.4 Å². The molecule has 1 fully saturated rings. The van der Waals surface area contributed by atoms with Gasteiger partial charge in [-0.2, -0.15) is 5.10 Å². The van der Waals surface area contributed by atoms with Crippen LogP contribution in [0, 0.1) is 0 Å². The Hall–Kier alpha value is -1.87. The maximum atomic E-state index is 13.6. The monoisotopic (exact) mass is 550 g/mol. The number of aromatic nitrogens is 2. The molecule has 2 unspecified atom stereocenters. The van der Waals surface area contributed by atoms with E-state index in [0.29, 0.717) is 32.4 Å². The minimum absolute atomic E-state index is 0.251. The highest BCUT2D eigenvalue weighted by Crippen LogP contribution is 2.36. The molecule has 1 N–H and O–H groups in total.